The molecule has 3 N–H and O–H groups in total. The number of pyridine rings is 1. The van der Waals surface area contributed by atoms with E-state index in [4.69, 9.17) is 14.6 Å². The highest BCUT2D eigenvalue weighted by Crippen LogP contribution is 2.36. The number of carboxylic acid groups (broad SMARTS) is 1. The Morgan fingerprint density at radius 1 is 1.45 bits per heavy atom. The smallest absolute Gasteiger partial charge is 0.404 e. The Morgan fingerprint density at radius 3 is 2.86 bits per heavy atom. The van der Waals surface area contributed by atoms with E-state index in [0.717, 1.165) is 30.6 Å². The number of carbonyl (C=O) groups excluding carboxylic acids is 1. The van der Waals surface area contributed by atoms with Crippen LogP contribution in [0.4, 0.5) is 4.79 Å². The summed E-state index contributed by atoms with van der Waals surface area (Å²) in [4.78, 5) is 30.2. The van der Waals surface area contributed by atoms with E-state index in [9.17, 15) is 9.59 Å². The lowest BCUT2D eigenvalue weighted by Crippen LogP contribution is -2.50. The van der Waals surface area contributed by atoms with E-state index in [-0.39, 0.29) is 18.0 Å². The van der Waals surface area contributed by atoms with Gasteiger partial charge >= 0.3 is 6.09 Å². The Kier molecular flexibility index (Phi) is 7.27. The van der Waals surface area contributed by atoms with E-state index in [2.05, 4.69) is 15.6 Å². The molecule has 9 nitrogen and oxygen atoms in total. The third-order valence-corrected chi connectivity index (χ3v) is 5.27. The van der Waals surface area contributed by atoms with Gasteiger partial charge in [-0.2, -0.15) is 0 Å². The van der Waals surface area contributed by atoms with Crippen LogP contribution < -0.4 is 15.4 Å². The van der Waals surface area contributed by atoms with Gasteiger partial charge in [0, 0.05) is 37.4 Å². The van der Waals surface area contributed by atoms with Gasteiger partial charge in [-0.15, -0.1) is 0 Å². The largest absolute Gasteiger partial charge is 0.481 e. The van der Waals surface area contributed by atoms with Crippen LogP contribution in [0.15, 0.2) is 12.1 Å². The fourth-order valence-corrected chi connectivity index (χ4v) is 3.61. The van der Waals surface area contributed by atoms with Crippen molar-refractivity contribution in [3.8, 4) is 5.88 Å². The van der Waals surface area contributed by atoms with Crippen molar-refractivity contribution in [2.75, 3.05) is 33.4 Å². The summed E-state index contributed by atoms with van der Waals surface area (Å²) >= 11 is 0. The highest BCUT2D eigenvalue weighted by Gasteiger charge is 2.40. The highest BCUT2D eigenvalue weighted by molar-refractivity contribution is 5.82. The maximum Gasteiger partial charge on any atom is 0.404 e. The van der Waals surface area contributed by atoms with Crippen molar-refractivity contribution in [2.45, 2.75) is 50.8 Å². The third kappa shape index (κ3) is 5.80. The van der Waals surface area contributed by atoms with Crippen LogP contribution >= 0.6 is 0 Å². The molecule has 0 spiro atoms. The Labute approximate surface area is 170 Å². The van der Waals surface area contributed by atoms with Crippen LogP contribution in [0.2, 0.25) is 0 Å². The molecule has 2 heterocycles. The van der Waals surface area contributed by atoms with Crippen LogP contribution in [0.5, 0.6) is 5.88 Å². The predicted molar refractivity (Wildman–Crippen MR) is 106 cm³/mol. The van der Waals surface area contributed by atoms with Gasteiger partial charge in [-0.05, 0) is 44.2 Å². The van der Waals surface area contributed by atoms with Crippen LogP contribution in [-0.4, -0.2) is 72.5 Å². The van der Waals surface area contributed by atoms with Crippen molar-refractivity contribution in [3.63, 3.8) is 0 Å². The number of morpholine rings is 1. The molecular formula is C20H30N4O5. The maximum absolute atomic E-state index is 13.2. The summed E-state index contributed by atoms with van der Waals surface area (Å²) in [5, 5.41) is 14.3. The minimum atomic E-state index is -1.03. The molecule has 2 amide bonds. The molecule has 160 valence electrons. The number of nitrogens with one attached hydrogen (secondary N) is 2. The van der Waals surface area contributed by atoms with Crippen molar-refractivity contribution in [1.82, 2.24) is 20.5 Å². The summed E-state index contributed by atoms with van der Waals surface area (Å²) in [7, 11) is 1.57. The SMILES string of the molecule is COc1cc(C(C)N(C(=O)C2CNCCO2)C2CC2)cc(CCCNC(=O)O)n1. The summed E-state index contributed by atoms with van der Waals surface area (Å²) < 4.78 is 11.1. The van der Waals surface area contributed by atoms with Gasteiger partial charge in [0.15, 0.2) is 0 Å². The summed E-state index contributed by atoms with van der Waals surface area (Å²) in [6, 6.07) is 3.96. The van der Waals surface area contributed by atoms with E-state index in [1.54, 1.807) is 7.11 Å². The van der Waals surface area contributed by atoms with Crippen LogP contribution in [0.3, 0.4) is 0 Å². The zero-order valence-corrected chi connectivity index (χ0v) is 17.0. The quantitative estimate of drug-likeness (QED) is 0.530. The number of hydrogen-bond donors (Lipinski definition) is 3. The summed E-state index contributed by atoms with van der Waals surface area (Å²) in [5.41, 5.74) is 1.78. The van der Waals surface area contributed by atoms with Gasteiger partial charge in [0.2, 0.25) is 5.88 Å². The monoisotopic (exact) mass is 406 g/mol. The standard InChI is InChI=1S/C20H30N4O5/c1-13(24(16-5-6-16)19(25)17-12-21-8-9-29-17)14-10-15(23-18(11-14)28-2)4-3-7-22-20(26)27/h10-11,13,16-17,21-22H,3-9,12H2,1-2H3,(H,26,27). The molecule has 2 unspecified atom stereocenters. The minimum absolute atomic E-state index is 0.0233. The Morgan fingerprint density at radius 2 is 2.24 bits per heavy atom. The van der Waals surface area contributed by atoms with Crippen molar-refractivity contribution >= 4 is 12.0 Å². The number of amides is 2. The number of rotatable bonds is 9. The fraction of sp³-hybridized carbons (Fsp3) is 0.650. The average molecular weight is 406 g/mol. The molecule has 1 saturated carbocycles. The highest BCUT2D eigenvalue weighted by atomic mass is 16.5. The lowest BCUT2D eigenvalue weighted by molar-refractivity contribution is -0.148. The van der Waals surface area contributed by atoms with Gasteiger partial charge in [-0.1, -0.05) is 0 Å². The molecule has 1 aromatic heterocycles. The first-order valence-electron chi connectivity index (χ1n) is 10.2. The van der Waals surface area contributed by atoms with Gasteiger partial charge in [0.25, 0.3) is 5.91 Å². The molecular weight excluding hydrogens is 376 g/mol. The van der Waals surface area contributed by atoms with Crippen molar-refractivity contribution < 1.29 is 24.2 Å². The van der Waals surface area contributed by atoms with Crippen molar-refractivity contribution in [3.05, 3.63) is 23.4 Å². The molecule has 1 aromatic rings. The molecule has 29 heavy (non-hydrogen) atoms. The topological polar surface area (TPSA) is 113 Å². The number of carbonyl (C=O) groups is 2. The first-order chi connectivity index (χ1) is 14.0. The van der Waals surface area contributed by atoms with E-state index in [1.165, 1.54) is 0 Å². The molecule has 2 fully saturated rings. The first-order valence-corrected chi connectivity index (χ1v) is 10.2. The fourth-order valence-electron chi connectivity index (χ4n) is 3.61. The van der Waals surface area contributed by atoms with E-state index >= 15 is 0 Å². The second-order valence-corrected chi connectivity index (χ2v) is 7.49. The van der Waals surface area contributed by atoms with Gasteiger partial charge in [-0.25, -0.2) is 9.78 Å². The number of aryl methyl sites for hydroxylation is 1. The number of aromatic nitrogens is 1. The van der Waals surface area contributed by atoms with Gasteiger partial charge in [-0.3, -0.25) is 4.79 Å². The van der Waals surface area contributed by atoms with E-state index in [0.29, 0.717) is 38.4 Å². The van der Waals surface area contributed by atoms with Crippen molar-refractivity contribution in [2.24, 2.45) is 0 Å². The first kappa shape index (κ1) is 21.3. The van der Waals surface area contributed by atoms with Gasteiger partial charge in [0.05, 0.1) is 19.8 Å². The zero-order valence-electron chi connectivity index (χ0n) is 17.0. The predicted octanol–water partition coefficient (Wildman–Crippen LogP) is 1.33. The summed E-state index contributed by atoms with van der Waals surface area (Å²) in [6.45, 7) is 4.23. The zero-order chi connectivity index (χ0) is 20.8. The molecule has 0 aromatic carbocycles. The minimum Gasteiger partial charge on any atom is -0.481 e. The number of hydrogen-bond acceptors (Lipinski definition) is 6. The normalized spacial score (nSPS) is 20.0. The summed E-state index contributed by atoms with van der Waals surface area (Å²) in [5.74, 6) is 0.518. The van der Waals surface area contributed by atoms with Gasteiger partial charge in [0.1, 0.15) is 6.10 Å². The Balaban J connectivity index is 1.74. The molecule has 1 saturated heterocycles. The molecule has 3 rings (SSSR count). The van der Waals surface area contributed by atoms with Crippen molar-refractivity contribution in [1.29, 1.82) is 0 Å². The lowest BCUT2D eigenvalue weighted by Gasteiger charge is -2.34. The number of methoxy groups -OCH3 is 1. The molecule has 1 aliphatic carbocycles. The van der Waals surface area contributed by atoms with Crippen LogP contribution in [0.25, 0.3) is 0 Å². The van der Waals surface area contributed by atoms with E-state index < -0.39 is 12.2 Å². The maximum atomic E-state index is 13.2. The molecule has 2 atom stereocenters. The molecule has 9 heteroatoms. The molecule has 1 aliphatic heterocycles. The van der Waals surface area contributed by atoms with Crippen LogP contribution in [0.1, 0.15) is 43.5 Å². The second-order valence-electron chi connectivity index (χ2n) is 7.49. The Hall–Kier alpha value is -2.39. The molecule has 2 aliphatic rings. The molecule has 0 bridgehead atoms. The second kappa shape index (κ2) is 9.89. The van der Waals surface area contributed by atoms with Crippen LogP contribution in [-0.2, 0) is 16.0 Å². The molecule has 0 radical (unpaired) electrons. The average Bonchev–Trinajstić information content (AvgIpc) is 3.56. The van der Waals surface area contributed by atoms with Crippen LogP contribution in [0, 0.1) is 0 Å². The lowest BCUT2D eigenvalue weighted by atomic mass is 10.0. The van der Waals surface area contributed by atoms with Gasteiger partial charge < -0.3 is 30.1 Å². The van der Waals surface area contributed by atoms with E-state index in [1.807, 2.05) is 24.0 Å². The number of nitrogens with zero attached hydrogens (tertiary/aromatic N) is 2. The summed E-state index contributed by atoms with van der Waals surface area (Å²) in [6.07, 6.45) is 1.78. The third-order valence-electron chi connectivity index (χ3n) is 5.27. The number of ether oxygens (including phenoxy) is 2. The Bertz CT molecular complexity index is 719.